The van der Waals surface area contributed by atoms with Crippen LogP contribution in [0.4, 0.5) is 0 Å². The van der Waals surface area contributed by atoms with Gasteiger partial charge in [0, 0.05) is 11.0 Å². The number of benzene rings is 1. The molecule has 2 N–H and O–H groups in total. The van der Waals surface area contributed by atoms with Crippen LogP contribution in [-0.2, 0) is 4.79 Å². The maximum atomic E-state index is 12.0. The van der Waals surface area contributed by atoms with Gasteiger partial charge in [0.05, 0.1) is 18.2 Å². The minimum absolute atomic E-state index is 0.169. The third kappa shape index (κ3) is 4.62. The summed E-state index contributed by atoms with van der Waals surface area (Å²) in [6, 6.07) is 6.97. The Balaban J connectivity index is 1.78. The highest BCUT2D eigenvalue weighted by atomic mass is 79.9. The molecule has 1 aromatic carbocycles. The Bertz CT molecular complexity index is 529. The zero-order valence-corrected chi connectivity index (χ0v) is 13.5. The van der Waals surface area contributed by atoms with E-state index in [2.05, 4.69) is 21.2 Å². The summed E-state index contributed by atoms with van der Waals surface area (Å²) in [5, 5.41) is 11.6. The first-order valence-electron chi connectivity index (χ1n) is 6.91. The summed E-state index contributed by atoms with van der Waals surface area (Å²) in [7, 11) is 1.84. The minimum Gasteiger partial charge on any atom is -0.393 e. The number of hydrogen-bond acceptors (Lipinski definition) is 4. The molecule has 1 aromatic rings. The second kappa shape index (κ2) is 7.15. The minimum atomic E-state index is -0.403. The van der Waals surface area contributed by atoms with Gasteiger partial charge in [-0.2, -0.15) is 0 Å². The van der Waals surface area contributed by atoms with Crippen LogP contribution in [0.25, 0.3) is 0 Å². The molecular weight excluding hydrogens is 336 g/mol. The fraction of sp³-hybridized carbons (Fsp3) is 0.467. The van der Waals surface area contributed by atoms with Crippen LogP contribution in [0.2, 0.25) is 0 Å². The van der Waals surface area contributed by atoms with Crippen LogP contribution in [0.15, 0.2) is 28.7 Å². The van der Waals surface area contributed by atoms with E-state index < -0.39 is 5.91 Å². The Hall–Kier alpha value is -1.24. The molecule has 1 fully saturated rings. The third-order valence-corrected chi connectivity index (χ3v) is 4.26. The molecule has 0 heterocycles. The largest absolute Gasteiger partial charge is 0.393 e. The van der Waals surface area contributed by atoms with Crippen molar-refractivity contribution in [2.45, 2.75) is 18.9 Å². The maximum absolute atomic E-state index is 12.0. The number of carbonyl (C=O) groups is 2. The molecule has 2 rings (SSSR count). The zero-order valence-electron chi connectivity index (χ0n) is 11.9. The van der Waals surface area contributed by atoms with E-state index in [0.29, 0.717) is 16.0 Å². The van der Waals surface area contributed by atoms with E-state index in [9.17, 15) is 14.7 Å². The highest BCUT2D eigenvalue weighted by Gasteiger charge is 2.28. The number of aliphatic hydroxyl groups excluding tert-OH is 1. The van der Waals surface area contributed by atoms with Gasteiger partial charge in [0.1, 0.15) is 0 Å². The smallest absolute Gasteiger partial charge is 0.259 e. The number of imide groups is 1. The molecule has 114 valence electrons. The van der Waals surface area contributed by atoms with Gasteiger partial charge in [-0.1, -0.05) is 12.1 Å². The van der Waals surface area contributed by atoms with Crippen molar-refractivity contribution in [3.8, 4) is 0 Å². The molecule has 5 nitrogen and oxygen atoms in total. The van der Waals surface area contributed by atoms with Gasteiger partial charge < -0.3 is 5.11 Å². The Morgan fingerprint density at radius 2 is 2.05 bits per heavy atom. The van der Waals surface area contributed by atoms with Gasteiger partial charge in [0.15, 0.2) is 0 Å². The molecule has 0 radical (unpaired) electrons. The predicted molar refractivity (Wildman–Crippen MR) is 82.8 cm³/mol. The summed E-state index contributed by atoms with van der Waals surface area (Å²) < 4.78 is 0.659. The van der Waals surface area contributed by atoms with E-state index in [1.807, 2.05) is 18.0 Å². The Labute approximate surface area is 132 Å². The van der Waals surface area contributed by atoms with E-state index in [-0.39, 0.29) is 18.6 Å². The lowest BCUT2D eigenvalue weighted by atomic mass is 9.82. The summed E-state index contributed by atoms with van der Waals surface area (Å²) in [5.41, 5.74) is 0.440. The second-order valence-electron chi connectivity index (χ2n) is 5.55. The van der Waals surface area contributed by atoms with Crippen molar-refractivity contribution in [3.05, 3.63) is 34.3 Å². The van der Waals surface area contributed by atoms with Gasteiger partial charge >= 0.3 is 0 Å². The van der Waals surface area contributed by atoms with Gasteiger partial charge in [-0.15, -0.1) is 0 Å². The number of aliphatic hydroxyl groups is 1. The van der Waals surface area contributed by atoms with Crippen LogP contribution in [-0.4, -0.2) is 48.1 Å². The van der Waals surface area contributed by atoms with Crippen LogP contribution < -0.4 is 5.32 Å². The predicted octanol–water partition coefficient (Wildman–Crippen LogP) is 1.41. The summed E-state index contributed by atoms with van der Waals surface area (Å²) in [4.78, 5) is 25.7. The highest BCUT2D eigenvalue weighted by Crippen LogP contribution is 2.27. The SMILES string of the molecule is CN(CC(=O)NC(=O)c1ccccc1Br)CC1CC(O)C1. The summed E-state index contributed by atoms with van der Waals surface area (Å²) in [6.07, 6.45) is 1.40. The normalized spacial score (nSPS) is 21.0. The lowest BCUT2D eigenvalue weighted by molar-refractivity contribution is -0.121. The maximum Gasteiger partial charge on any atom is 0.259 e. The van der Waals surface area contributed by atoms with E-state index in [4.69, 9.17) is 0 Å². The molecular formula is C15H19BrN2O3. The van der Waals surface area contributed by atoms with Crippen molar-refractivity contribution in [1.82, 2.24) is 10.2 Å². The summed E-state index contributed by atoms with van der Waals surface area (Å²) >= 11 is 3.29. The first kappa shape index (κ1) is 16.1. The lowest BCUT2D eigenvalue weighted by Crippen LogP contribution is -2.42. The average molecular weight is 355 g/mol. The Kier molecular flexibility index (Phi) is 5.50. The van der Waals surface area contributed by atoms with Crippen LogP contribution in [0.1, 0.15) is 23.2 Å². The number of rotatable bonds is 5. The number of nitrogens with zero attached hydrogens (tertiary/aromatic N) is 1. The van der Waals surface area contributed by atoms with E-state index >= 15 is 0 Å². The Morgan fingerprint density at radius 1 is 1.38 bits per heavy atom. The first-order chi connectivity index (χ1) is 9.95. The fourth-order valence-electron chi connectivity index (χ4n) is 2.48. The molecule has 1 saturated carbocycles. The molecule has 2 amide bonds. The molecule has 0 unspecified atom stereocenters. The summed E-state index contributed by atoms with van der Waals surface area (Å²) in [5.74, 6) is -0.283. The molecule has 0 saturated heterocycles. The third-order valence-electron chi connectivity index (χ3n) is 3.57. The first-order valence-corrected chi connectivity index (χ1v) is 7.70. The van der Waals surface area contributed by atoms with Gasteiger partial charge in [-0.05, 0) is 53.9 Å². The zero-order chi connectivity index (χ0) is 15.4. The lowest BCUT2D eigenvalue weighted by Gasteiger charge is -2.34. The molecule has 1 aliphatic carbocycles. The van der Waals surface area contributed by atoms with Crippen LogP contribution in [0.3, 0.4) is 0 Å². The molecule has 0 spiro atoms. The van der Waals surface area contributed by atoms with Crippen molar-refractivity contribution in [2.24, 2.45) is 5.92 Å². The number of likely N-dealkylation sites (N-methyl/N-ethyl adjacent to an activating group) is 1. The molecule has 0 bridgehead atoms. The van der Waals surface area contributed by atoms with E-state index in [1.165, 1.54) is 0 Å². The van der Waals surface area contributed by atoms with Gasteiger partial charge in [0.25, 0.3) is 5.91 Å². The monoisotopic (exact) mass is 354 g/mol. The number of carbonyl (C=O) groups excluding carboxylic acids is 2. The van der Waals surface area contributed by atoms with Gasteiger partial charge in [0.2, 0.25) is 5.91 Å². The number of hydrogen-bond donors (Lipinski definition) is 2. The number of amides is 2. The molecule has 0 atom stereocenters. The van der Waals surface area contributed by atoms with Crippen LogP contribution in [0, 0.1) is 5.92 Å². The molecule has 1 aliphatic rings. The molecule has 0 aliphatic heterocycles. The van der Waals surface area contributed by atoms with Crippen LogP contribution in [0.5, 0.6) is 0 Å². The van der Waals surface area contributed by atoms with Gasteiger partial charge in [-0.3, -0.25) is 19.8 Å². The molecule has 0 aromatic heterocycles. The topological polar surface area (TPSA) is 69.6 Å². The van der Waals surface area contributed by atoms with E-state index in [1.54, 1.807) is 18.2 Å². The average Bonchev–Trinajstić information content (AvgIpc) is 2.36. The second-order valence-corrected chi connectivity index (χ2v) is 6.40. The van der Waals surface area contributed by atoms with Crippen molar-refractivity contribution >= 4 is 27.7 Å². The van der Waals surface area contributed by atoms with Crippen molar-refractivity contribution in [2.75, 3.05) is 20.1 Å². The van der Waals surface area contributed by atoms with Crippen LogP contribution >= 0.6 is 15.9 Å². The Morgan fingerprint density at radius 3 is 2.67 bits per heavy atom. The van der Waals surface area contributed by atoms with Crippen molar-refractivity contribution in [3.63, 3.8) is 0 Å². The van der Waals surface area contributed by atoms with Crippen molar-refractivity contribution < 1.29 is 14.7 Å². The standard InChI is InChI=1S/C15H19BrN2O3/c1-18(8-10-6-11(19)7-10)9-14(20)17-15(21)12-4-2-3-5-13(12)16/h2-5,10-11,19H,6-9H2,1H3,(H,17,20,21). The summed E-state index contributed by atoms with van der Waals surface area (Å²) in [6.45, 7) is 0.927. The van der Waals surface area contributed by atoms with E-state index in [0.717, 1.165) is 19.4 Å². The highest BCUT2D eigenvalue weighted by molar-refractivity contribution is 9.10. The fourth-order valence-corrected chi connectivity index (χ4v) is 2.94. The molecule has 21 heavy (non-hydrogen) atoms. The number of nitrogens with one attached hydrogen (secondary N) is 1. The van der Waals surface area contributed by atoms with Gasteiger partial charge in [-0.25, -0.2) is 0 Å². The van der Waals surface area contributed by atoms with Crippen molar-refractivity contribution in [1.29, 1.82) is 0 Å². The molecule has 6 heteroatoms. The quantitative estimate of drug-likeness (QED) is 0.838. The number of halogens is 1.